The molecule has 6 heteroatoms. The first-order chi connectivity index (χ1) is 11.2. The van der Waals surface area contributed by atoms with Gasteiger partial charge in [0, 0.05) is 6.54 Å². The summed E-state index contributed by atoms with van der Waals surface area (Å²) in [6, 6.07) is 16.0. The predicted octanol–water partition coefficient (Wildman–Crippen LogP) is 2.35. The Morgan fingerprint density at radius 2 is 1.78 bits per heavy atom. The van der Waals surface area contributed by atoms with Crippen molar-refractivity contribution in [1.29, 1.82) is 0 Å². The Labute approximate surface area is 133 Å². The van der Waals surface area contributed by atoms with E-state index in [1.807, 2.05) is 48.5 Å². The molecule has 2 aromatic carbocycles. The van der Waals surface area contributed by atoms with Gasteiger partial charge in [-0.05, 0) is 17.7 Å². The van der Waals surface area contributed by atoms with E-state index in [9.17, 15) is 9.59 Å². The fraction of sp³-hybridized carbons (Fsp3) is 0.176. The molecule has 3 N–H and O–H groups in total. The van der Waals surface area contributed by atoms with Crippen molar-refractivity contribution in [2.75, 3.05) is 17.2 Å². The number of hydrogen-bond donors (Lipinski definition) is 3. The number of carbonyl (C=O) groups excluding carboxylic acids is 2. The zero-order chi connectivity index (χ0) is 16.1. The lowest BCUT2D eigenvalue weighted by Crippen LogP contribution is -2.46. The van der Waals surface area contributed by atoms with Crippen molar-refractivity contribution < 1.29 is 14.3 Å². The van der Waals surface area contributed by atoms with Crippen LogP contribution in [0.5, 0.6) is 0 Å². The van der Waals surface area contributed by atoms with Crippen LogP contribution in [-0.4, -0.2) is 24.6 Å². The van der Waals surface area contributed by atoms with E-state index >= 15 is 0 Å². The molecule has 0 saturated heterocycles. The molecule has 1 atom stereocenters. The third-order valence-corrected chi connectivity index (χ3v) is 3.50. The number of ether oxygens (including phenoxy) is 1. The van der Waals surface area contributed by atoms with Crippen molar-refractivity contribution in [2.45, 2.75) is 12.6 Å². The minimum absolute atomic E-state index is 0.161. The van der Waals surface area contributed by atoms with Gasteiger partial charge >= 0.3 is 6.09 Å². The Kier molecular flexibility index (Phi) is 4.42. The van der Waals surface area contributed by atoms with Gasteiger partial charge in [-0.2, -0.15) is 0 Å². The quantitative estimate of drug-likeness (QED) is 0.813. The van der Waals surface area contributed by atoms with Gasteiger partial charge in [0.2, 0.25) is 5.91 Å². The van der Waals surface area contributed by atoms with Crippen LogP contribution < -0.4 is 16.0 Å². The van der Waals surface area contributed by atoms with Crippen LogP contribution >= 0.6 is 0 Å². The van der Waals surface area contributed by atoms with Gasteiger partial charge in [-0.1, -0.05) is 42.5 Å². The highest BCUT2D eigenvalue weighted by Gasteiger charge is 2.25. The maximum absolute atomic E-state index is 12.2. The standard InChI is InChI=1S/C17H17N3O3/c21-16-15(10-18-13-8-4-5-9-14(13)19-16)20-17(22)23-11-12-6-2-1-3-7-12/h1-9,15,18H,10-11H2,(H,19,21)(H,20,22). The number of rotatable bonds is 3. The molecule has 23 heavy (non-hydrogen) atoms. The maximum Gasteiger partial charge on any atom is 0.408 e. The summed E-state index contributed by atoms with van der Waals surface area (Å²) in [4.78, 5) is 24.0. The number of carbonyl (C=O) groups is 2. The van der Waals surface area contributed by atoms with Crippen LogP contribution in [0.2, 0.25) is 0 Å². The molecule has 118 valence electrons. The lowest BCUT2D eigenvalue weighted by Gasteiger charge is -2.15. The van der Waals surface area contributed by atoms with Crippen molar-refractivity contribution in [3.05, 3.63) is 60.2 Å². The summed E-state index contributed by atoms with van der Waals surface area (Å²) in [7, 11) is 0. The summed E-state index contributed by atoms with van der Waals surface area (Å²) < 4.78 is 5.14. The van der Waals surface area contributed by atoms with Gasteiger partial charge in [-0.3, -0.25) is 4.79 Å². The summed E-state index contributed by atoms with van der Waals surface area (Å²) in [6.45, 7) is 0.456. The molecule has 0 fully saturated rings. The number of benzene rings is 2. The third-order valence-electron chi connectivity index (χ3n) is 3.50. The first-order valence-corrected chi connectivity index (χ1v) is 7.33. The van der Waals surface area contributed by atoms with Crippen LogP contribution in [0.25, 0.3) is 0 Å². The summed E-state index contributed by atoms with van der Waals surface area (Å²) >= 11 is 0. The monoisotopic (exact) mass is 311 g/mol. The molecule has 0 spiro atoms. The van der Waals surface area contributed by atoms with Crippen molar-refractivity contribution in [3.8, 4) is 0 Å². The molecule has 1 aliphatic heterocycles. The zero-order valence-corrected chi connectivity index (χ0v) is 12.4. The van der Waals surface area contributed by atoms with E-state index in [0.717, 1.165) is 11.3 Å². The molecule has 2 amide bonds. The largest absolute Gasteiger partial charge is 0.445 e. The molecule has 3 rings (SSSR count). The molecule has 0 bridgehead atoms. The van der Waals surface area contributed by atoms with Crippen LogP contribution in [0.4, 0.5) is 16.2 Å². The van der Waals surface area contributed by atoms with Crippen LogP contribution in [-0.2, 0) is 16.1 Å². The Bertz CT molecular complexity index is 703. The Hall–Kier alpha value is -3.02. The maximum atomic E-state index is 12.2. The average molecular weight is 311 g/mol. The van der Waals surface area contributed by atoms with Crippen LogP contribution in [0.3, 0.4) is 0 Å². The van der Waals surface area contributed by atoms with Crippen molar-refractivity contribution in [2.24, 2.45) is 0 Å². The second-order valence-corrected chi connectivity index (χ2v) is 5.17. The zero-order valence-electron chi connectivity index (χ0n) is 12.4. The van der Waals surface area contributed by atoms with Gasteiger partial charge in [0.15, 0.2) is 0 Å². The van der Waals surface area contributed by atoms with Gasteiger partial charge in [0.1, 0.15) is 12.6 Å². The number of hydrogen-bond acceptors (Lipinski definition) is 4. The average Bonchev–Trinajstić information content (AvgIpc) is 2.73. The number of fused-ring (bicyclic) bond motifs is 1. The summed E-state index contributed by atoms with van der Waals surface area (Å²) in [5.41, 5.74) is 2.40. The molecule has 0 saturated carbocycles. The number of para-hydroxylation sites is 2. The van der Waals surface area contributed by atoms with E-state index in [2.05, 4.69) is 16.0 Å². The van der Waals surface area contributed by atoms with Crippen molar-refractivity contribution in [3.63, 3.8) is 0 Å². The smallest absolute Gasteiger partial charge is 0.408 e. The first kappa shape index (κ1) is 14.9. The Balaban J connectivity index is 1.56. The van der Waals surface area contributed by atoms with Gasteiger partial charge in [-0.25, -0.2) is 4.79 Å². The van der Waals surface area contributed by atoms with Crippen molar-refractivity contribution >= 4 is 23.4 Å². The van der Waals surface area contributed by atoms with Crippen LogP contribution in [0.1, 0.15) is 5.56 Å². The number of nitrogens with one attached hydrogen (secondary N) is 3. The van der Waals surface area contributed by atoms with E-state index in [1.165, 1.54) is 0 Å². The molecular formula is C17H17N3O3. The van der Waals surface area contributed by atoms with Crippen LogP contribution in [0.15, 0.2) is 54.6 Å². The highest BCUT2D eigenvalue weighted by atomic mass is 16.5. The molecule has 1 unspecified atom stereocenters. The SMILES string of the molecule is O=C(NC1CNc2ccccc2NC1=O)OCc1ccccc1. The number of anilines is 2. The van der Waals surface area contributed by atoms with E-state index in [-0.39, 0.29) is 12.5 Å². The Morgan fingerprint density at radius 3 is 2.57 bits per heavy atom. The third kappa shape index (κ3) is 3.79. The lowest BCUT2D eigenvalue weighted by atomic mass is 10.2. The fourth-order valence-corrected chi connectivity index (χ4v) is 2.29. The first-order valence-electron chi connectivity index (χ1n) is 7.33. The van der Waals surface area contributed by atoms with Gasteiger partial charge in [0.25, 0.3) is 0 Å². The van der Waals surface area contributed by atoms with Gasteiger partial charge < -0.3 is 20.7 Å². The van der Waals surface area contributed by atoms with Gasteiger partial charge in [0.05, 0.1) is 11.4 Å². The minimum Gasteiger partial charge on any atom is -0.445 e. The Morgan fingerprint density at radius 1 is 1.09 bits per heavy atom. The second kappa shape index (κ2) is 6.83. The van der Waals surface area contributed by atoms with Crippen molar-refractivity contribution in [1.82, 2.24) is 5.32 Å². The highest BCUT2D eigenvalue weighted by molar-refractivity contribution is 6.00. The lowest BCUT2D eigenvalue weighted by molar-refractivity contribution is -0.117. The van der Waals surface area contributed by atoms with E-state index in [1.54, 1.807) is 6.07 Å². The molecule has 1 aliphatic rings. The van der Waals surface area contributed by atoms with E-state index in [4.69, 9.17) is 4.74 Å². The molecule has 0 radical (unpaired) electrons. The molecule has 2 aromatic rings. The molecule has 0 aliphatic carbocycles. The molecule has 0 aromatic heterocycles. The molecule has 1 heterocycles. The molecular weight excluding hydrogens is 294 g/mol. The second-order valence-electron chi connectivity index (χ2n) is 5.17. The van der Waals surface area contributed by atoms with E-state index < -0.39 is 12.1 Å². The molecule has 6 nitrogen and oxygen atoms in total. The number of alkyl carbamates (subject to hydrolysis) is 1. The summed E-state index contributed by atoms with van der Waals surface area (Å²) in [6.07, 6.45) is -0.623. The van der Waals surface area contributed by atoms with E-state index in [0.29, 0.717) is 12.2 Å². The van der Waals surface area contributed by atoms with Gasteiger partial charge in [-0.15, -0.1) is 0 Å². The normalized spacial score (nSPS) is 16.3. The summed E-state index contributed by atoms with van der Waals surface area (Å²) in [5, 5.41) is 8.49. The predicted molar refractivity (Wildman–Crippen MR) is 87.1 cm³/mol. The fourth-order valence-electron chi connectivity index (χ4n) is 2.29. The number of amides is 2. The topological polar surface area (TPSA) is 79.5 Å². The minimum atomic E-state index is -0.703. The summed E-state index contributed by atoms with van der Waals surface area (Å²) in [5.74, 6) is -0.279. The highest BCUT2D eigenvalue weighted by Crippen LogP contribution is 2.23. The van der Waals surface area contributed by atoms with Crippen LogP contribution in [0, 0.1) is 0 Å².